The molecule has 7 nitrogen and oxygen atoms in total. The second-order valence-corrected chi connectivity index (χ2v) is 7.87. The molecule has 0 bridgehead atoms. The molecular formula is C21H22ClF3N4O3. The Labute approximate surface area is 187 Å². The van der Waals surface area contributed by atoms with Crippen molar-refractivity contribution in [2.75, 3.05) is 31.1 Å². The average Bonchev–Trinajstić information content (AvgIpc) is 2.77. The minimum Gasteiger partial charge on any atom is -0.363 e. The maximum Gasteiger partial charge on any atom is 0.416 e. The molecule has 3 rings (SSSR count). The number of nitrogens with one attached hydrogen (secondary N) is 1. The zero-order valence-electron chi connectivity index (χ0n) is 17.2. The monoisotopic (exact) mass is 470 g/mol. The van der Waals surface area contributed by atoms with Crippen LogP contribution in [0.1, 0.15) is 18.1 Å². The van der Waals surface area contributed by atoms with Gasteiger partial charge in [0.2, 0.25) is 5.91 Å². The first-order valence-corrected chi connectivity index (χ1v) is 10.3. The van der Waals surface area contributed by atoms with Crippen LogP contribution in [0.25, 0.3) is 0 Å². The minimum absolute atomic E-state index is 0.137. The maximum atomic E-state index is 12.9. The van der Waals surface area contributed by atoms with Crippen LogP contribution >= 0.6 is 11.6 Å². The van der Waals surface area contributed by atoms with E-state index in [4.69, 9.17) is 11.6 Å². The molecule has 0 aliphatic carbocycles. The van der Waals surface area contributed by atoms with E-state index < -0.39 is 28.4 Å². The lowest BCUT2D eigenvalue weighted by Crippen LogP contribution is -2.54. The van der Waals surface area contributed by atoms with Gasteiger partial charge in [-0.15, -0.1) is 0 Å². The molecule has 1 fully saturated rings. The molecule has 11 heteroatoms. The van der Waals surface area contributed by atoms with Gasteiger partial charge in [-0.2, -0.15) is 13.2 Å². The largest absolute Gasteiger partial charge is 0.416 e. The van der Waals surface area contributed by atoms with Gasteiger partial charge in [0.15, 0.2) is 0 Å². The molecule has 1 aliphatic heterocycles. The number of hydrogen-bond donors (Lipinski definition) is 1. The Morgan fingerprint density at radius 1 is 1.19 bits per heavy atom. The number of anilines is 1. The number of nitro benzene ring substituents is 1. The number of rotatable bonds is 6. The number of nitro groups is 1. The Balaban J connectivity index is 1.61. The molecule has 1 heterocycles. The van der Waals surface area contributed by atoms with E-state index in [1.165, 1.54) is 0 Å². The van der Waals surface area contributed by atoms with Crippen molar-refractivity contribution in [2.24, 2.45) is 0 Å². The van der Waals surface area contributed by atoms with Crippen molar-refractivity contribution < 1.29 is 22.9 Å². The third kappa shape index (κ3) is 5.49. The average molecular weight is 471 g/mol. The minimum atomic E-state index is -4.66. The third-order valence-electron chi connectivity index (χ3n) is 5.49. The highest BCUT2D eigenvalue weighted by molar-refractivity contribution is 6.31. The summed E-state index contributed by atoms with van der Waals surface area (Å²) in [4.78, 5) is 26.7. The van der Waals surface area contributed by atoms with E-state index in [1.807, 2.05) is 17.0 Å². The summed E-state index contributed by atoms with van der Waals surface area (Å²) in [6.45, 7) is 3.60. The molecule has 1 atom stereocenters. The Bertz CT molecular complexity index is 994. The maximum absolute atomic E-state index is 12.9. The fraction of sp³-hybridized carbons (Fsp3) is 0.381. The number of amides is 1. The lowest BCUT2D eigenvalue weighted by atomic mass is 10.1. The van der Waals surface area contributed by atoms with Crippen LogP contribution in [-0.2, 0) is 17.5 Å². The zero-order chi connectivity index (χ0) is 23.5. The Morgan fingerprint density at radius 3 is 2.44 bits per heavy atom. The molecule has 2 aromatic carbocycles. The molecule has 2 aromatic rings. The molecular weight excluding hydrogens is 449 g/mol. The molecule has 172 valence electrons. The molecule has 1 aliphatic rings. The van der Waals surface area contributed by atoms with Crippen LogP contribution in [0.15, 0.2) is 42.5 Å². The molecule has 0 saturated carbocycles. The van der Waals surface area contributed by atoms with E-state index in [-0.39, 0.29) is 11.6 Å². The summed E-state index contributed by atoms with van der Waals surface area (Å²) < 4.78 is 38.8. The molecule has 0 radical (unpaired) electrons. The molecule has 0 spiro atoms. The lowest BCUT2D eigenvalue weighted by Gasteiger charge is -2.38. The number of halogens is 4. The highest BCUT2D eigenvalue weighted by Gasteiger charge is 2.34. The van der Waals surface area contributed by atoms with Crippen molar-refractivity contribution in [3.63, 3.8) is 0 Å². The zero-order valence-corrected chi connectivity index (χ0v) is 18.0. The van der Waals surface area contributed by atoms with Gasteiger partial charge in [0.25, 0.3) is 5.69 Å². The van der Waals surface area contributed by atoms with Gasteiger partial charge in [0.05, 0.1) is 16.5 Å². The van der Waals surface area contributed by atoms with Gasteiger partial charge in [-0.25, -0.2) is 0 Å². The molecule has 1 unspecified atom stereocenters. The summed E-state index contributed by atoms with van der Waals surface area (Å²) in [6.07, 6.45) is -4.66. The van der Waals surface area contributed by atoms with Gasteiger partial charge >= 0.3 is 6.18 Å². The smallest absolute Gasteiger partial charge is 0.363 e. The van der Waals surface area contributed by atoms with E-state index in [9.17, 15) is 28.1 Å². The summed E-state index contributed by atoms with van der Waals surface area (Å²) in [5, 5.41) is 14.8. The van der Waals surface area contributed by atoms with E-state index in [1.54, 1.807) is 24.0 Å². The normalized spacial score (nSPS) is 16.0. The van der Waals surface area contributed by atoms with Gasteiger partial charge in [-0.3, -0.25) is 19.8 Å². The molecule has 1 N–H and O–H groups in total. The van der Waals surface area contributed by atoms with Crippen molar-refractivity contribution >= 4 is 28.9 Å². The Kier molecular flexibility index (Phi) is 7.25. The van der Waals surface area contributed by atoms with Crippen LogP contribution in [-0.4, -0.2) is 48.0 Å². The summed E-state index contributed by atoms with van der Waals surface area (Å²) in [7, 11) is 0. The third-order valence-corrected chi connectivity index (χ3v) is 5.86. The number of piperazine rings is 1. The van der Waals surface area contributed by atoms with Crippen molar-refractivity contribution in [1.29, 1.82) is 0 Å². The first kappa shape index (κ1) is 23.8. The topological polar surface area (TPSA) is 78.7 Å². The number of alkyl halides is 3. The predicted octanol–water partition coefficient (Wildman–Crippen LogP) is 4.09. The Hall–Kier alpha value is -2.85. The standard InChI is InChI=1S/C21H22ClF3N4O3/c1-14(20(30)26-13-15-4-2-3-5-17(15)22)27-8-10-28(11-9-27)18-7-6-16(21(23,24)25)12-19(18)29(31)32/h2-7,12,14H,8-11,13H2,1H3,(H,26,30). The van der Waals surface area contributed by atoms with E-state index in [0.29, 0.717) is 43.8 Å². The van der Waals surface area contributed by atoms with Crippen molar-refractivity contribution in [3.8, 4) is 0 Å². The summed E-state index contributed by atoms with van der Waals surface area (Å²) in [5.41, 5.74) is -0.707. The highest BCUT2D eigenvalue weighted by atomic mass is 35.5. The number of carbonyl (C=O) groups excluding carboxylic acids is 1. The number of nitrogens with zero attached hydrogens (tertiary/aromatic N) is 3. The molecule has 1 saturated heterocycles. The SMILES string of the molecule is CC(C(=O)NCc1ccccc1Cl)N1CCN(c2ccc(C(F)(F)F)cc2[N+](=O)[O-])CC1. The van der Waals surface area contributed by atoms with Gasteiger partial charge in [-0.1, -0.05) is 29.8 Å². The van der Waals surface area contributed by atoms with Crippen molar-refractivity contribution in [1.82, 2.24) is 10.2 Å². The van der Waals surface area contributed by atoms with Crippen molar-refractivity contribution in [3.05, 3.63) is 68.7 Å². The molecule has 1 amide bonds. The van der Waals surface area contributed by atoms with Crippen molar-refractivity contribution in [2.45, 2.75) is 25.7 Å². The second kappa shape index (κ2) is 9.74. The van der Waals surface area contributed by atoms with Crippen LogP contribution in [0.5, 0.6) is 0 Å². The van der Waals surface area contributed by atoms with E-state index in [0.717, 1.165) is 17.7 Å². The van der Waals surface area contributed by atoms with Crippen LogP contribution in [0.4, 0.5) is 24.5 Å². The fourth-order valence-corrected chi connectivity index (χ4v) is 3.80. The summed E-state index contributed by atoms with van der Waals surface area (Å²) in [6, 6.07) is 9.30. The quantitative estimate of drug-likeness (QED) is 0.508. The lowest BCUT2D eigenvalue weighted by molar-refractivity contribution is -0.384. The van der Waals surface area contributed by atoms with Crippen LogP contribution < -0.4 is 10.2 Å². The summed E-state index contributed by atoms with van der Waals surface area (Å²) >= 11 is 6.10. The first-order chi connectivity index (χ1) is 15.1. The highest BCUT2D eigenvalue weighted by Crippen LogP contribution is 2.36. The van der Waals surface area contributed by atoms with Gasteiger partial charge < -0.3 is 10.2 Å². The van der Waals surface area contributed by atoms with Gasteiger partial charge in [-0.05, 0) is 30.7 Å². The predicted molar refractivity (Wildman–Crippen MR) is 115 cm³/mol. The number of carbonyl (C=O) groups is 1. The molecule has 0 aromatic heterocycles. The van der Waals surface area contributed by atoms with Gasteiger partial charge in [0, 0.05) is 43.8 Å². The van der Waals surface area contributed by atoms with E-state index >= 15 is 0 Å². The number of hydrogen-bond acceptors (Lipinski definition) is 5. The second-order valence-electron chi connectivity index (χ2n) is 7.47. The molecule has 32 heavy (non-hydrogen) atoms. The van der Waals surface area contributed by atoms with Crippen LogP contribution in [0.3, 0.4) is 0 Å². The Morgan fingerprint density at radius 2 is 1.84 bits per heavy atom. The van der Waals surface area contributed by atoms with Gasteiger partial charge in [0.1, 0.15) is 5.69 Å². The van der Waals surface area contributed by atoms with Crippen LogP contribution in [0.2, 0.25) is 5.02 Å². The van der Waals surface area contributed by atoms with Crippen LogP contribution in [0, 0.1) is 10.1 Å². The van der Waals surface area contributed by atoms with E-state index in [2.05, 4.69) is 5.32 Å². The summed E-state index contributed by atoms with van der Waals surface area (Å²) in [5.74, 6) is -0.182. The fourth-order valence-electron chi connectivity index (χ4n) is 3.60. The number of benzene rings is 2. The first-order valence-electron chi connectivity index (χ1n) is 9.93.